The average molecular weight is 401 g/mol. The van der Waals surface area contributed by atoms with Gasteiger partial charge in [-0.1, -0.05) is 15.9 Å². The van der Waals surface area contributed by atoms with Crippen LogP contribution in [0.25, 0.3) is 0 Å². The number of anilines is 2. The summed E-state index contributed by atoms with van der Waals surface area (Å²) in [5, 5.41) is 0. The molecular weight excluding hydrogens is 386 g/mol. The number of halogens is 2. The van der Waals surface area contributed by atoms with E-state index in [0.717, 1.165) is 4.47 Å². The zero-order chi connectivity index (χ0) is 14.1. The van der Waals surface area contributed by atoms with Crippen molar-refractivity contribution in [3.8, 4) is 0 Å². The van der Waals surface area contributed by atoms with Crippen LogP contribution in [-0.4, -0.2) is 14.0 Å². The molecule has 0 aliphatic heterocycles. The van der Waals surface area contributed by atoms with Crippen molar-refractivity contribution in [2.24, 2.45) is 0 Å². The topological polar surface area (TPSA) is 84.2 Å². The van der Waals surface area contributed by atoms with Gasteiger partial charge >= 0.3 is 0 Å². The molecule has 8 heteroatoms. The number of nitrogens with one attached hydrogen (secondary N) is 2. The van der Waals surface area contributed by atoms with Crippen molar-refractivity contribution in [3.63, 3.8) is 0 Å². The second-order valence-corrected chi connectivity index (χ2v) is 7.99. The van der Waals surface area contributed by atoms with Gasteiger partial charge in [-0.05, 0) is 48.8 Å². The van der Waals surface area contributed by atoms with Crippen LogP contribution < -0.4 is 15.2 Å². The summed E-state index contributed by atoms with van der Waals surface area (Å²) in [5.41, 5.74) is 5.86. The van der Waals surface area contributed by atoms with E-state index in [1.54, 1.807) is 32.9 Å². The predicted molar refractivity (Wildman–Crippen MR) is 81.7 cm³/mol. The number of nitrogen functional groups attached to an aromatic ring is 1. The van der Waals surface area contributed by atoms with Crippen LogP contribution in [0.1, 0.15) is 20.8 Å². The minimum Gasteiger partial charge on any atom is -0.397 e. The number of hydrogen-bond donors (Lipinski definition) is 3. The predicted octanol–water partition coefficient (Wildman–Crippen LogP) is 2.84. The van der Waals surface area contributed by atoms with Gasteiger partial charge < -0.3 is 5.73 Å². The first-order valence-corrected chi connectivity index (χ1v) is 8.13. The molecule has 0 amide bonds. The Morgan fingerprint density at radius 1 is 1.22 bits per heavy atom. The summed E-state index contributed by atoms with van der Waals surface area (Å²) in [6.45, 7) is 5.27. The second-order valence-electron chi connectivity index (χ2n) is 4.81. The van der Waals surface area contributed by atoms with Crippen LogP contribution >= 0.6 is 31.9 Å². The first-order valence-electron chi connectivity index (χ1n) is 5.06. The van der Waals surface area contributed by atoms with Crippen LogP contribution in [0, 0.1) is 0 Å². The van der Waals surface area contributed by atoms with E-state index in [-0.39, 0.29) is 0 Å². The molecule has 18 heavy (non-hydrogen) atoms. The number of rotatable bonds is 3. The molecule has 102 valence electrons. The molecule has 5 nitrogen and oxygen atoms in total. The lowest BCUT2D eigenvalue weighted by Crippen LogP contribution is -2.43. The van der Waals surface area contributed by atoms with Gasteiger partial charge in [0.25, 0.3) is 10.2 Å². The number of hydrogen-bond acceptors (Lipinski definition) is 3. The third-order valence-corrected chi connectivity index (χ3v) is 4.20. The molecule has 0 aromatic heterocycles. The molecule has 1 aromatic carbocycles. The summed E-state index contributed by atoms with van der Waals surface area (Å²) < 4.78 is 30.0. The van der Waals surface area contributed by atoms with Gasteiger partial charge in [0.2, 0.25) is 0 Å². The summed E-state index contributed by atoms with van der Waals surface area (Å²) in [6, 6.07) is 3.34. The molecule has 0 bridgehead atoms. The lowest BCUT2D eigenvalue weighted by Gasteiger charge is -2.21. The lowest BCUT2D eigenvalue weighted by atomic mass is 10.1. The van der Waals surface area contributed by atoms with E-state index < -0.39 is 15.7 Å². The Balaban J connectivity index is 3.06. The first-order chi connectivity index (χ1) is 8.00. The Morgan fingerprint density at radius 3 is 2.22 bits per heavy atom. The summed E-state index contributed by atoms with van der Waals surface area (Å²) in [6.07, 6.45) is 0. The molecule has 4 N–H and O–H groups in total. The van der Waals surface area contributed by atoms with Crippen molar-refractivity contribution in [1.29, 1.82) is 0 Å². The van der Waals surface area contributed by atoms with Crippen molar-refractivity contribution in [1.82, 2.24) is 4.72 Å². The molecule has 0 unspecified atom stereocenters. The third-order valence-electron chi connectivity index (χ3n) is 1.76. The molecule has 0 aliphatic carbocycles. The summed E-state index contributed by atoms with van der Waals surface area (Å²) in [5.74, 6) is 0. The molecule has 0 heterocycles. The molecule has 0 fully saturated rings. The van der Waals surface area contributed by atoms with E-state index in [4.69, 9.17) is 5.73 Å². The SMILES string of the molecule is CC(C)(C)NS(=O)(=O)Nc1c(N)cc(Br)cc1Br. The highest BCUT2D eigenvalue weighted by molar-refractivity contribution is 9.11. The van der Waals surface area contributed by atoms with Crippen LogP contribution in [0.4, 0.5) is 11.4 Å². The largest absolute Gasteiger partial charge is 0.397 e. The van der Waals surface area contributed by atoms with Crippen LogP contribution in [0.15, 0.2) is 21.1 Å². The van der Waals surface area contributed by atoms with E-state index in [1.165, 1.54) is 0 Å². The zero-order valence-electron chi connectivity index (χ0n) is 10.2. The molecule has 0 saturated carbocycles. The van der Waals surface area contributed by atoms with Crippen LogP contribution in [0.2, 0.25) is 0 Å². The van der Waals surface area contributed by atoms with E-state index in [9.17, 15) is 8.42 Å². The fourth-order valence-electron chi connectivity index (χ4n) is 1.26. The minimum absolute atomic E-state index is 0.315. The van der Waals surface area contributed by atoms with Crippen LogP contribution in [0.3, 0.4) is 0 Å². The fraction of sp³-hybridized carbons (Fsp3) is 0.400. The standard InChI is InChI=1S/C10H15Br2N3O2S/c1-10(2,3)15-18(16,17)14-9-7(12)4-6(11)5-8(9)13/h4-5,14-15H,13H2,1-3H3. The lowest BCUT2D eigenvalue weighted by molar-refractivity contribution is 0.494. The smallest absolute Gasteiger partial charge is 0.299 e. The van der Waals surface area contributed by atoms with E-state index in [1.807, 2.05) is 0 Å². The molecular formula is C10H15Br2N3O2S. The van der Waals surface area contributed by atoms with E-state index in [2.05, 4.69) is 41.3 Å². The molecule has 0 spiro atoms. The Labute approximate surface area is 124 Å². The van der Waals surface area contributed by atoms with Crippen molar-refractivity contribution in [3.05, 3.63) is 21.1 Å². The van der Waals surface area contributed by atoms with Gasteiger partial charge in [-0.3, -0.25) is 4.72 Å². The Hall–Kier alpha value is -0.310. The van der Waals surface area contributed by atoms with Crippen molar-refractivity contribution in [2.45, 2.75) is 26.3 Å². The van der Waals surface area contributed by atoms with Gasteiger partial charge in [-0.2, -0.15) is 13.1 Å². The van der Waals surface area contributed by atoms with Crippen molar-refractivity contribution >= 4 is 53.4 Å². The monoisotopic (exact) mass is 399 g/mol. The van der Waals surface area contributed by atoms with Crippen LogP contribution in [-0.2, 0) is 10.2 Å². The van der Waals surface area contributed by atoms with Crippen molar-refractivity contribution in [2.75, 3.05) is 10.5 Å². The highest BCUT2D eigenvalue weighted by Gasteiger charge is 2.21. The van der Waals surface area contributed by atoms with Crippen LogP contribution in [0.5, 0.6) is 0 Å². The molecule has 0 saturated heterocycles. The summed E-state index contributed by atoms with van der Waals surface area (Å²) >= 11 is 6.54. The average Bonchev–Trinajstić information content (AvgIpc) is 2.07. The van der Waals surface area contributed by atoms with E-state index >= 15 is 0 Å². The number of benzene rings is 1. The maximum absolute atomic E-state index is 11.9. The van der Waals surface area contributed by atoms with Gasteiger partial charge in [-0.25, -0.2) is 0 Å². The molecule has 1 aromatic rings. The Morgan fingerprint density at radius 2 is 1.78 bits per heavy atom. The maximum atomic E-state index is 11.9. The zero-order valence-corrected chi connectivity index (χ0v) is 14.2. The Bertz CT molecular complexity index is 530. The molecule has 0 aliphatic rings. The van der Waals surface area contributed by atoms with E-state index in [0.29, 0.717) is 15.8 Å². The molecule has 0 atom stereocenters. The quantitative estimate of drug-likeness (QED) is 0.682. The van der Waals surface area contributed by atoms with Gasteiger partial charge in [0.05, 0.1) is 11.4 Å². The molecule has 0 radical (unpaired) electrons. The van der Waals surface area contributed by atoms with Crippen molar-refractivity contribution < 1.29 is 8.42 Å². The van der Waals surface area contributed by atoms with Gasteiger partial charge in [0.15, 0.2) is 0 Å². The van der Waals surface area contributed by atoms with Gasteiger partial charge in [0.1, 0.15) is 0 Å². The Kier molecular flexibility index (Phi) is 4.69. The minimum atomic E-state index is -3.68. The summed E-state index contributed by atoms with van der Waals surface area (Å²) in [4.78, 5) is 0. The normalized spacial score (nSPS) is 12.5. The van der Waals surface area contributed by atoms with Gasteiger partial charge in [-0.15, -0.1) is 0 Å². The highest BCUT2D eigenvalue weighted by atomic mass is 79.9. The maximum Gasteiger partial charge on any atom is 0.299 e. The molecule has 1 rings (SSSR count). The second kappa shape index (κ2) is 5.36. The number of nitrogens with two attached hydrogens (primary N) is 1. The third kappa shape index (κ3) is 4.75. The summed E-state index contributed by atoms with van der Waals surface area (Å²) in [7, 11) is -3.68. The first kappa shape index (κ1) is 15.7. The highest BCUT2D eigenvalue weighted by Crippen LogP contribution is 2.33. The fourth-order valence-corrected chi connectivity index (χ4v) is 4.11. The van der Waals surface area contributed by atoms with Gasteiger partial charge in [0, 0.05) is 14.5 Å².